The molecule has 2 aromatic rings. The molecule has 2 rings (SSSR count). The van der Waals surface area contributed by atoms with Gasteiger partial charge in [-0.25, -0.2) is 4.39 Å². The van der Waals surface area contributed by atoms with E-state index in [4.69, 9.17) is 28.9 Å². The fourth-order valence-electron chi connectivity index (χ4n) is 1.91. The fourth-order valence-corrected chi connectivity index (χ4v) is 2.22. The summed E-state index contributed by atoms with van der Waals surface area (Å²) in [5.41, 5.74) is 6.16. The molecule has 0 bridgehead atoms. The summed E-state index contributed by atoms with van der Waals surface area (Å²) in [5, 5.41) is 3.29. The van der Waals surface area contributed by atoms with Gasteiger partial charge in [0.1, 0.15) is 5.82 Å². The SMILES string of the molecule is Cc1c(F)cc(C(N)=O)cc1NC(=O)/C=C/c1ccc(Cl)c(Cl)c1. The van der Waals surface area contributed by atoms with Crippen LogP contribution in [0.4, 0.5) is 10.1 Å². The number of nitrogens with one attached hydrogen (secondary N) is 1. The smallest absolute Gasteiger partial charge is 0.248 e. The van der Waals surface area contributed by atoms with Gasteiger partial charge in [0.15, 0.2) is 0 Å². The van der Waals surface area contributed by atoms with E-state index in [-0.39, 0.29) is 16.8 Å². The van der Waals surface area contributed by atoms with Crippen molar-refractivity contribution in [2.24, 2.45) is 5.73 Å². The second kappa shape index (κ2) is 7.47. The highest BCUT2D eigenvalue weighted by atomic mass is 35.5. The number of hydrogen-bond acceptors (Lipinski definition) is 2. The van der Waals surface area contributed by atoms with Gasteiger partial charge in [-0.15, -0.1) is 0 Å². The first-order chi connectivity index (χ1) is 11.3. The minimum atomic E-state index is -0.782. The van der Waals surface area contributed by atoms with Crippen molar-refractivity contribution < 1.29 is 14.0 Å². The third-order valence-corrected chi connectivity index (χ3v) is 4.00. The monoisotopic (exact) mass is 366 g/mol. The van der Waals surface area contributed by atoms with Gasteiger partial charge in [-0.2, -0.15) is 0 Å². The molecule has 3 N–H and O–H groups in total. The quantitative estimate of drug-likeness (QED) is 0.796. The third kappa shape index (κ3) is 4.34. The van der Waals surface area contributed by atoms with E-state index in [1.807, 2.05) is 0 Å². The van der Waals surface area contributed by atoms with Gasteiger partial charge in [0.2, 0.25) is 11.8 Å². The second-order valence-electron chi connectivity index (χ2n) is 4.99. The van der Waals surface area contributed by atoms with Crippen molar-refractivity contribution >= 4 is 46.8 Å². The number of benzene rings is 2. The third-order valence-electron chi connectivity index (χ3n) is 3.26. The maximum Gasteiger partial charge on any atom is 0.248 e. The Bertz CT molecular complexity index is 851. The molecule has 0 aromatic heterocycles. The van der Waals surface area contributed by atoms with Crippen molar-refractivity contribution in [1.29, 1.82) is 0 Å². The van der Waals surface area contributed by atoms with Gasteiger partial charge < -0.3 is 11.1 Å². The van der Waals surface area contributed by atoms with E-state index < -0.39 is 17.6 Å². The zero-order valence-corrected chi connectivity index (χ0v) is 14.1. The zero-order valence-electron chi connectivity index (χ0n) is 12.6. The molecule has 0 aliphatic carbocycles. The molecule has 4 nitrogen and oxygen atoms in total. The molecule has 0 aliphatic rings. The normalized spacial score (nSPS) is 10.8. The van der Waals surface area contributed by atoms with E-state index >= 15 is 0 Å². The molecular weight excluding hydrogens is 354 g/mol. The van der Waals surface area contributed by atoms with Crippen LogP contribution in [0.15, 0.2) is 36.4 Å². The molecule has 0 radical (unpaired) electrons. The van der Waals surface area contributed by atoms with Crippen LogP contribution in [0.1, 0.15) is 21.5 Å². The number of primary amides is 1. The average Bonchev–Trinajstić information content (AvgIpc) is 2.52. The Labute approximate surface area is 148 Å². The molecule has 24 heavy (non-hydrogen) atoms. The Morgan fingerprint density at radius 1 is 1.17 bits per heavy atom. The van der Waals surface area contributed by atoms with E-state index in [0.717, 1.165) is 6.07 Å². The topological polar surface area (TPSA) is 72.2 Å². The summed E-state index contributed by atoms with van der Waals surface area (Å²) in [6.45, 7) is 1.48. The molecule has 2 amide bonds. The number of rotatable bonds is 4. The van der Waals surface area contributed by atoms with E-state index in [1.165, 1.54) is 25.1 Å². The Morgan fingerprint density at radius 3 is 2.50 bits per heavy atom. The first-order valence-electron chi connectivity index (χ1n) is 6.82. The molecule has 0 unspecified atom stereocenters. The number of halogens is 3. The van der Waals surface area contributed by atoms with Crippen molar-refractivity contribution in [2.45, 2.75) is 6.92 Å². The van der Waals surface area contributed by atoms with Crippen LogP contribution in [0, 0.1) is 12.7 Å². The number of carbonyl (C=O) groups is 2. The lowest BCUT2D eigenvalue weighted by Crippen LogP contribution is -2.15. The van der Waals surface area contributed by atoms with E-state index in [1.54, 1.807) is 18.2 Å². The van der Waals surface area contributed by atoms with Crippen molar-refractivity contribution in [1.82, 2.24) is 0 Å². The summed E-state index contributed by atoms with van der Waals surface area (Å²) >= 11 is 11.7. The lowest BCUT2D eigenvalue weighted by molar-refractivity contribution is -0.111. The van der Waals surface area contributed by atoms with E-state index in [2.05, 4.69) is 5.32 Å². The number of hydrogen-bond donors (Lipinski definition) is 2. The molecule has 0 saturated heterocycles. The molecule has 0 atom stereocenters. The number of anilines is 1. The minimum absolute atomic E-state index is 0.0261. The molecule has 2 aromatic carbocycles. The maximum absolute atomic E-state index is 13.8. The van der Waals surface area contributed by atoms with E-state index in [0.29, 0.717) is 15.6 Å². The summed E-state index contributed by atoms with van der Waals surface area (Å²) in [4.78, 5) is 23.2. The summed E-state index contributed by atoms with van der Waals surface area (Å²) in [7, 11) is 0. The Kier molecular flexibility index (Phi) is 5.59. The summed E-state index contributed by atoms with van der Waals surface area (Å²) < 4.78 is 13.8. The molecule has 0 heterocycles. The highest BCUT2D eigenvalue weighted by Gasteiger charge is 2.11. The molecular formula is C17H13Cl2FN2O2. The van der Waals surface area contributed by atoms with Crippen LogP contribution in [0.3, 0.4) is 0 Å². The predicted molar refractivity (Wildman–Crippen MR) is 93.8 cm³/mol. The standard InChI is InChI=1S/C17H13Cl2FN2O2/c1-9-14(20)7-11(17(21)24)8-15(9)22-16(23)5-3-10-2-4-12(18)13(19)6-10/h2-8H,1H3,(H2,21,24)(H,22,23)/b5-3+. The molecule has 0 spiro atoms. The van der Waals surface area contributed by atoms with Gasteiger partial charge in [-0.05, 0) is 42.8 Å². The first kappa shape index (κ1) is 18.0. The van der Waals surface area contributed by atoms with Crippen LogP contribution in [0.25, 0.3) is 6.08 Å². The average molecular weight is 367 g/mol. The Morgan fingerprint density at radius 2 is 1.88 bits per heavy atom. The number of amides is 2. The number of carbonyl (C=O) groups excluding carboxylic acids is 2. The van der Waals surface area contributed by atoms with Gasteiger partial charge in [-0.3, -0.25) is 9.59 Å². The van der Waals surface area contributed by atoms with Crippen LogP contribution in [0.2, 0.25) is 10.0 Å². The van der Waals surface area contributed by atoms with Gasteiger partial charge in [-0.1, -0.05) is 29.3 Å². The van der Waals surface area contributed by atoms with Crippen molar-refractivity contribution in [3.8, 4) is 0 Å². The summed E-state index contributed by atoms with van der Waals surface area (Å²) in [5.74, 6) is -1.91. The number of nitrogens with two attached hydrogens (primary N) is 1. The summed E-state index contributed by atoms with van der Waals surface area (Å²) in [6.07, 6.45) is 2.79. The van der Waals surface area contributed by atoms with E-state index in [9.17, 15) is 14.0 Å². The molecule has 124 valence electrons. The van der Waals surface area contributed by atoms with Crippen molar-refractivity contribution in [2.75, 3.05) is 5.32 Å². The lowest BCUT2D eigenvalue weighted by Gasteiger charge is -2.09. The fraction of sp³-hybridized carbons (Fsp3) is 0.0588. The van der Waals surface area contributed by atoms with Crippen LogP contribution in [-0.4, -0.2) is 11.8 Å². The van der Waals surface area contributed by atoms with Crippen LogP contribution in [-0.2, 0) is 4.79 Å². The van der Waals surface area contributed by atoms with Crippen LogP contribution in [0.5, 0.6) is 0 Å². The molecule has 7 heteroatoms. The van der Waals surface area contributed by atoms with Crippen LogP contribution < -0.4 is 11.1 Å². The van der Waals surface area contributed by atoms with Gasteiger partial charge in [0, 0.05) is 22.9 Å². The molecule has 0 fully saturated rings. The second-order valence-corrected chi connectivity index (χ2v) is 5.81. The minimum Gasteiger partial charge on any atom is -0.366 e. The Hall–Kier alpha value is -2.37. The predicted octanol–water partition coefficient (Wildman–Crippen LogP) is 4.19. The van der Waals surface area contributed by atoms with Crippen molar-refractivity contribution in [3.63, 3.8) is 0 Å². The maximum atomic E-state index is 13.8. The Balaban J connectivity index is 2.19. The van der Waals surface area contributed by atoms with Crippen LogP contribution >= 0.6 is 23.2 Å². The van der Waals surface area contributed by atoms with Crippen molar-refractivity contribution in [3.05, 3.63) is 69.0 Å². The van der Waals surface area contributed by atoms with Gasteiger partial charge >= 0.3 is 0 Å². The summed E-state index contributed by atoms with van der Waals surface area (Å²) in [6, 6.07) is 7.25. The first-order valence-corrected chi connectivity index (χ1v) is 7.57. The lowest BCUT2D eigenvalue weighted by atomic mass is 10.1. The highest BCUT2D eigenvalue weighted by molar-refractivity contribution is 6.42. The largest absolute Gasteiger partial charge is 0.366 e. The molecule has 0 aliphatic heterocycles. The highest BCUT2D eigenvalue weighted by Crippen LogP contribution is 2.23. The zero-order chi connectivity index (χ0) is 17.9. The van der Waals surface area contributed by atoms with Gasteiger partial charge in [0.05, 0.1) is 10.0 Å². The van der Waals surface area contributed by atoms with Gasteiger partial charge in [0.25, 0.3) is 0 Å². The molecule has 0 saturated carbocycles.